The lowest BCUT2D eigenvalue weighted by Gasteiger charge is -2.32. The summed E-state index contributed by atoms with van der Waals surface area (Å²) < 4.78 is 5.93. The smallest absolute Gasteiger partial charge is 0.261 e. The van der Waals surface area contributed by atoms with Gasteiger partial charge in [0.25, 0.3) is 5.91 Å². The zero-order chi connectivity index (χ0) is 25.9. The molecule has 0 aliphatic carbocycles. The summed E-state index contributed by atoms with van der Waals surface area (Å²) >= 11 is 0. The van der Waals surface area contributed by atoms with Crippen molar-refractivity contribution in [1.29, 1.82) is 0 Å². The molecule has 0 bridgehead atoms. The SMILES string of the molecule is CCCCNC(=O)C(Cc1ccccc1)N(Cc1ccccc1C)C(=O)COc1cc(C)cc(C)c1. The fraction of sp³-hybridized carbons (Fsp3) is 0.355. The van der Waals surface area contributed by atoms with Crippen LogP contribution in [0.5, 0.6) is 5.75 Å². The third-order valence-electron chi connectivity index (χ3n) is 6.26. The third-order valence-corrected chi connectivity index (χ3v) is 6.26. The van der Waals surface area contributed by atoms with E-state index in [4.69, 9.17) is 4.74 Å². The van der Waals surface area contributed by atoms with E-state index < -0.39 is 6.04 Å². The van der Waals surface area contributed by atoms with Crippen LogP contribution in [0.25, 0.3) is 0 Å². The number of carbonyl (C=O) groups is 2. The summed E-state index contributed by atoms with van der Waals surface area (Å²) in [5.41, 5.74) is 5.25. The molecule has 0 aliphatic rings. The number of nitrogens with zero attached hydrogens (tertiary/aromatic N) is 1. The Hall–Kier alpha value is -3.60. The zero-order valence-electron chi connectivity index (χ0n) is 21.9. The lowest BCUT2D eigenvalue weighted by molar-refractivity contribution is -0.142. The quantitative estimate of drug-likeness (QED) is 0.342. The van der Waals surface area contributed by atoms with Crippen molar-refractivity contribution in [2.24, 2.45) is 0 Å². The highest BCUT2D eigenvalue weighted by molar-refractivity contribution is 5.88. The van der Waals surface area contributed by atoms with E-state index in [1.165, 1.54) is 0 Å². The Morgan fingerprint density at radius 2 is 1.58 bits per heavy atom. The third kappa shape index (κ3) is 7.98. The molecular weight excluding hydrogens is 448 g/mol. The minimum Gasteiger partial charge on any atom is -0.484 e. The van der Waals surface area contributed by atoms with Gasteiger partial charge in [0.1, 0.15) is 11.8 Å². The molecule has 1 unspecified atom stereocenters. The Morgan fingerprint density at radius 3 is 2.25 bits per heavy atom. The van der Waals surface area contributed by atoms with Gasteiger partial charge in [-0.25, -0.2) is 0 Å². The fourth-order valence-corrected chi connectivity index (χ4v) is 4.28. The van der Waals surface area contributed by atoms with Crippen molar-refractivity contribution < 1.29 is 14.3 Å². The van der Waals surface area contributed by atoms with E-state index >= 15 is 0 Å². The molecule has 0 saturated heterocycles. The minimum atomic E-state index is -0.654. The van der Waals surface area contributed by atoms with Crippen LogP contribution in [-0.4, -0.2) is 35.9 Å². The molecule has 36 heavy (non-hydrogen) atoms. The molecule has 5 nitrogen and oxygen atoms in total. The molecule has 0 heterocycles. The highest BCUT2D eigenvalue weighted by Gasteiger charge is 2.30. The molecule has 190 valence electrons. The molecule has 0 radical (unpaired) electrons. The number of unbranched alkanes of at least 4 members (excludes halogenated alkanes) is 1. The molecule has 0 aromatic heterocycles. The molecule has 1 N–H and O–H groups in total. The summed E-state index contributed by atoms with van der Waals surface area (Å²) in [7, 11) is 0. The van der Waals surface area contributed by atoms with Crippen molar-refractivity contribution in [2.45, 2.75) is 59.5 Å². The Bertz CT molecular complexity index is 1120. The maximum absolute atomic E-state index is 13.7. The van der Waals surface area contributed by atoms with Crippen LogP contribution in [0.4, 0.5) is 0 Å². The van der Waals surface area contributed by atoms with Crippen molar-refractivity contribution in [3.05, 3.63) is 101 Å². The predicted octanol–water partition coefficient (Wildman–Crippen LogP) is 5.55. The second-order valence-electron chi connectivity index (χ2n) is 9.41. The number of ether oxygens (including phenoxy) is 1. The molecule has 0 saturated carbocycles. The van der Waals surface area contributed by atoms with Gasteiger partial charge in [-0.15, -0.1) is 0 Å². The van der Waals surface area contributed by atoms with Crippen LogP contribution in [0.2, 0.25) is 0 Å². The maximum atomic E-state index is 13.7. The molecule has 0 spiro atoms. The van der Waals surface area contributed by atoms with E-state index in [9.17, 15) is 9.59 Å². The topological polar surface area (TPSA) is 58.6 Å². The average Bonchev–Trinajstić information content (AvgIpc) is 2.86. The molecule has 5 heteroatoms. The first-order valence-electron chi connectivity index (χ1n) is 12.7. The zero-order valence-corrected chi connectivity index (χ0v) is 21.9. The number of nitrogens with one attached hydrogen (secondary N) is 1. The second kappa shape index (κ2) is 13.5. The fourth-order valence-electron chi connectivity index (χ4n) is 4.28. The Balaban J connectivity index is 1.90. The largest absolute Gasteiger partial charge is 0.484 e. The van der Waals surface area contributed by atoms with Gasteiger partial charge in [0.2, 0.25) is 5.91 Å². The molecule has 3 rings (SSSR count). The highest BCUT2D eigenvalue weighted by atomic mass is 16.5. The van der Waals surface area contributed by atoms with Gasteiger partial charge in [-0.05, 0) is 67.1 Å². The van der Waals surface area contributed by atoms with Crippen LogP contribution in [0.3, 0.4) is 0 Å². The van der Waals surface area contributed by atoms with Crippen LogP contribution in [-0.2, 0) is 22.6 Å². The molecule has 3 aromatic rings. The van der Waals surface area contributed by atoms with E-state index in [2.05, 4.69) is 18.3 Å². The molecule has 2 amide bonds. The number of amides is 2. The van der Waals surface area contributed by atoms with Crippen LogP contribution >= 0.6 is 0 Å². The molecule has 3 aromatic carbocycles. The second-order valence-corrected chi connectivity index (χ2v) is 9.41. The number of carbonyl (C=O) groups excluding carboxylic acids is 2. The van der Waals surface area contributed by atoms with Crippen molar-refractivity contribution in [2.75, 3.05) is 13.2 Å². The number of rotatable bonds is 12. The summed E-state index contributed by atoms with van der Waals surface area (Å²) in [4.78, 5) is 28.8. The lowest BCUT2D eigenvalue weighted by atomic mass is 10.0. The van der Waals surface area contributed by atoms with Gasteiger partial charge < -0.3 is 15.0 Å². The summed E-state index contributed by atoms with van der Waals surface area (Å²) in [6.07, 6.45) is 2.31. The van der Waals surface area contributed by atoms with E-state index in [1.807, 2.05) is 87.5 Å². The first kappa shape index (κ1) is 27.0. The van der Waals surface area contributed by atoms with E-state index in [-0.39, 0.29) is 18.4 Å². The molecule has 0 fully saturated rings. The van der Waals surface area contributed by atoms with Gasteiger partial charge in [-0.1, -0.05) is 74.0 Å². The van der Waals surface area contributed by atoms with Crippen molar-refractivity contribution >= 4 is 11.8 Å². The number of hydrogen-bond donors (Lipinski definition) is 1. The Labute approximate surface area is 215 Å². The summed E-state index contributed by atoms with van der Waals surface area (Å²) in [5.74, 6) is 0.299. The standard InChI is InChI=1S/C31H38N2O3/c1-5-6-16-32-31(35)29(20-26-13-8-7-9-14-26)33(21-27-15-11-10-12-25(27)4)30(34)22-36-28-18-23(2)17-24(3)19-28/h7-15,17-19,29H,5-6,16,20-22H2,1-4H3,(H,32,35). The van der Waals surface area contributed by atoms with Crippen LogP contribution in [0.1, 0.15) is 47.6 Å². The van der Waals surface area contributed by atoms with Crippen LogP contribution in [0, 0.1) is 20.8 Å². The normalized spacial score (nSPS) is 11.6. The summed E-state index contributed by atoms with van der Waals surface area (Å²) in [5, 5.41) is 3.05. The average molecular weight is 487 g/mol. The van der Waals surface area contributed by atoms with Crippen LogP contribution in [0.15, 0.2) is 72.8 Å². The minimum absolute atomic E-state index is 0.137. The number of hydrogen-bond acceptors (Lipinski definition) is 3. The lowest BCUT2D eigenvalue weighted by Crippen LogP contribution is -2.52. The van der Waals surface area contributed by atoms with Crippen molar-refractivity contribution in [3.8, 4) is 5.75 Å². The monoisotopic (exact) mass is 486 g/mol. The van der Waals surface area contributed by atoms with Crippen molar-refractivity contribution in [1.82, 2.24) is 10.2 Å². The Kier molecular flexibility index (Phi) is 10.1. The van der Waals surface area contributed by atoms with E-state index in [0.29, 0.717) is 25.3 Å². The first-order valence-corrected chi connectivity index (χ1v) is 12.7. The van der Waals surface area contributed by atoms with Gasteiger partial charge in [-0.3, -0.25) is 9.59 Å². The van der Waals surface area contributed by atoms with Gasteiger partial charge in [0.05, 0.1) is 0 Å². The molecule has 1 atom stereocenters. The number of benzene rings is 3. The van der Waals surface area contributed by atoms with Gasteiger partial charge in [0, 0.05) is 19.5 Å². The van der Waals surface area contributed by atoms with Gasteiger partial charge in [-0.2, -0.15) is 0 Å². The van der Waals surface area contributed by atoms with Crippen LogP contribution < -0.4 is 10.1 Å². The summed E-state index contributed by atoms with van der Waals surface area (Å²) in [6, 6.07) is 23.1. The van der Waals surface area contributed by atoms with Crippen molar-refractivity contribution in [3.63, 3.8) is 0 Å². The van der Waals surface area contributed by atoms with Gasteiger partial charge in [0.15, 0.2) is 6.61 Å². The predicted molar refractivity (Wildman–Crippen MR) is 145 cm³/mol. The first-order chi connectivity index (χ1) is 17.4. The Morgan fingerprint density at radius 1 is 0.917 bits per heavy atom. The van der Waals surface area contributed by atoms with Gasteiger partial charge >= 0.3 is 0 Å². The molecule has 0 aliphatic heterocycles. The van der Waals surface area contributed by atoms with E-state index in [0.717, 1.165) is 40.7 Å². The maximum Gasteiger partial charge on any atom is 0.261 e. The number of aryl methyl sites for hydroxylation is 3. The molecular formula is C31H38N2O3. The highest BCUT2D eigenvalue weighted by Crippen LogP contribution is 2.19. The summed E-state index contributed by atoms with van der Waals surface area (Å²) in [6.45, 7) is 8.91. The van der Waals surface area contributed by atoms with E-state index in [1.54, 1.807) is 4.90 Å².